The lowest BCUT2D eigenvalue weighted by Gasteiger charge is -2.15. The minimum absolute atomic E-state index is 0.164. The van der Waals surface area contributed by atoms with E-state index in [9.17, 15) is 9.59 Å². The Morgan fingerprint density at radius 2 is 1.64 bits per heavy atom. The van der Waals surface area contributed by atoms with Crippen molar-refractivity contribution in [2.24, 2.45) is 0 Å². The van der Waals surface area contributed by atoms with Gasteiger partial charge in [0.2, 0.25) is 5.91 Å². The molecule has 0 atom stereocenters. The fraction of sp³-hybridized carbons (Fsp3) is 0.263. The molecule has 0 spiro atoms. The van der Waals surface area contributed by atoms with Gasteiger partial charge in [-0.05, 0) is 48.7 Å². The average Bonchev–Trinajstić information content (AvgIpc) is 3.11. The number of benzene rings is 2. The first-order valence-corrected chi connectivity index (χ1v) is 8.68. The van der Waals surface area contributed by atoms with Crippen LogP contribution in [0.25, 0.3) is 0 Å². The van der Waals surface area contributed by atoms with Crippen LogP contribution in [0, 0.1) is 0 Å². The third-order valence-corrected chi connectivity index (χ3v) is 4.34. The predicted molar refractivity (Wildman–Crippen MR) is 100 cm³/mol. The molecule has 1 heterocycles. The number of rotatable bonds is 4. The zero-order valence-electron chi connectivity index (χ0n) is 13.8. The minimum Gasteiger partial charge on any atom is -0.342 e. The second-order valence-electron chi connectivity index (χ2n) is 6.05. The topological polar surface area (TPSA) is 61.4 Å². The van der Waals surface area contributed by atoms with E-state index in [0.717, 1.165) is 31.5 Å². The normalized spacial score (nSPS) is 13.6. The van der Waals surface area contributed by atoms with Crippen molar-refractivity contribution >= 4 is 34.9 Å². The fourth-order valence-corrected chi connectivity index (χ4v) is 3.01. The molecular weight excluding hydrogens is 338 g/mol. The Hall–Kier alpha value is -2.53. The third kappa shape index (κ3) is 4.97. The van der Waals surface area contributed by atoms with Crippen LogP contribution in [0.15, 0.2) is 48.5 Å². The summed E-state index contributed by atoms with van der Waals surface area (Å²) < 4.78 is 0. The molecular formula is C19H20ClN3O2. The molecule has 0 aliphatic carbocycles. The summed E-state index contributed by atoms with van der Waals surface area (Å²) in [5.41, 5.74) is 2.23. The molecule has 2 N–H and O–H groups in total. The first-order valence-electron chi connectivity index (χ1n) is 8.30. The van der Waals surface area contributed by atoms with Crippen molar-refractivity contribution in [3.8, 4) is 0 Å². The molecule has 0 unspecified atom stereocenters. The van der Waals surface area contributed by atoms with Gasteiger partial charge in [0, 0.05) is 29.5 Å². The Balaban J connectivity index is 1.53. The number of anilines is 2. The van der Waals surface area contributed by atoms with Crippen molar-refractivity contribution < 1.29 is 9.59 Å². The van der Waals surface area contributed by atoms with E-state index in [0.29, 0.717) is 22.8 Å². The monoisotopic (exact) mass is 357 g/mol. The number of hydrogen-bond donors (Lipinski definition) is 2. The van der Waals surface area contributed by atoms with Gasteiger partial charge in [-0.25, -0.2) is 4.79 Å². The zero-order valence-corrected chi connectivity index (χ0v) is 14.6. The molecule has 1 aliphatic heterocycles. The van der Waals surface area contributed by atoms with Crippen molar-refractivity contribution in [3.63, 3.8) is 0 Å². The Bertz CT molecular complexity index is 756. The summed E-state index contributed by atoms with van der Waals surface area (Å²) >= 11 is 5.89. The van der Waals surface area contributed by atoms with Gasteiger partial charge in [-0.3, -0.25) is 4.79 Å². The summed E-state index contributed by atoms with van der Waals surface area (Å²) in [5, 5.41) is 6.04. The van der Waals surface area contributed by atoms with Crippen LogP contribution >= 0.6 is 11.6 Å². The van der Waals surface area contributed by atoms with Crippen LogP contribution in [0.4, 0.5) is 16.2 Å². The lowest BCUT2D eigenvalue weighted by atomic mass is 10.1. The second kappa shape index (κ2) is 8.03. The van der Waals surface area contributed by atoms with Gasteiger partial charge >= 0.3 is 6.03 Å². The number of hydrogen-bond acceptors (Lipinski definition) is 2. The van der Waals surface area contributed by atoms with E-state index in [-0.39, 0.29) is 11.9 Å². The van der Waals surface area contributed by atoms with Crippen molar-refractivity contribution in [1.82, 2.24) is 4.90 Å². The Kier molecular flexibility index (Phi) is 5.56. The quantitative estimate of drug-likeness (QED) is 0.863. The van der Waals surface area contributed by atoms with Gasteiger partial charge in [0.05, 0.1) is 6.42 Å². The molecule has 130 valence electrons. The van der Waals surface area contributed by atoms with Gasteiger partial charge in [-0.1, -0.05) is 29.8 Å². The number of nitrogens with one attached hydrogen (secondary N) is 2. The van der Waals surface area contributed by atoms with E-state index in [1.165, 1.54) is 0 Å². The fourth-order valence-electron chi connectivity index (χ4n) is 2.82. The molecule has 0 saturated carbocycles. The number of carbonyl (C=O) groups is 2. The van der Waals surface area contributed by atoms with Crippen LogP contribution in [0.5, 0.6) is 0 Å². The first kappa shape index (κ1) is 17.3. The molecule has 25 heavy (non-hydrogen) atoms. The number of urea groups is 1. The van der Waals surface area contributed by atoms with Crippen molar-refractivity contribution in [3.05, 3.63) is 59.1 Å². The number of likely N-dealkylation sites (tertiary alicyclic amines) is 1. The summed E-state index contributed by atoms with van der Waals surface area (Å²) in [6.45, 7) is 1.73. The summed E-state index contributed by atoms with van der Waals surface area (Å²) in [6, 6.07) is 13.9. The molecule has 1 saturated heterocycles. The molecule has 2 aromatic carbocycles. The summed E-state index contributed by atoms with van der Waals surface area (Å²) in [4.78, 5) is 26.1. The van der Waals surface area contributed by atoms with E-state index >= 15 is 0 Å². The summed E-state index contributed by atoms with van der Waals surface area (Å²) in [7, 11) is 0. The standard InChI is InChI=1S/C19H20ClN3O2/c20-15-4-3-5-17(13-15)22-19(25)21-16-8-6-14(7-9-16)12-18(24)23-10-1-2-11-23/h3-9,13H,1-2,10-12H2,(H2,21,22,25). The van der Waals surface area contributed by atoms with Gasteiger partial charge in [-0.15, -0.1) is 0 Å². The van der Waals surface area contributed by atoms with Crippen molar-refractivity contribution in [2.45, 2.75) is 19.3 Å². The lowest BCUT2D eigenvalue weighted by Crippen LogP contribution is -2.29. The smallest absolute Gasteiger partial charge is 0.323 e. The highest BCUT2D eigenvalue weighted by atomic mass is 35.5. The maximum atomic E-state index is 12.1. The van der Waals surface area contributed by atoms with Crippen LogP contribution in [0.3, 0.4) is 0 Å². The highest BCUT2D eigenvalue weighted by molar-refractivity contribution is 6.30. The minimum atomic E-state index is -0.344. The Morgan fingerprint density at radius 1 is 0.960 bits per heavy atom. The lowest BCUT2D eigenvalue weighted by molar-refractivity contribution is -0.129. The third-order valence-electron chi connectivity index (χ3n) is 4.11. The molecule has 5 nitrogen and oxygen atoms in total. The first-order chi connectivity index (χ1) is 12.1. The summed E-state index contributed by atoms with van der Waals surface area (Å²) in [6.07, 6.45) is 2.58. The van der Waals surface area contributed by atoms with E-state index in [2.05, 4.69) is 10.6 Å². The number of nitrogens with zero attached hydrogens (tertiary/aromatic N) is 1. The average molecular weight is 358 g/mol. The number of carbonyl (C=O) groups excluding carboxylic acids is 2. The molecule has 0 bridgehead atoms. The second-order valence-corrected chi connectivity index (χ2v) is 6.49. The maximum absolute atomic E-state index is 12.1. The van der Waals surface area contributed by atoms with Gasteiger partial charge in [-0.2, -0.15) is 0 Å². The molecule has 0 aromatic heterocycles. The highest BCUT2D eigenvalue weighted by Crippen LogP contribution is 2.16. The van der Waals surface area contributed by atoms with Crippen LogP contribution in [0.2, 0.25) is 5.02 Å². The number of halogens is 1. The molecule has 3 rings (SSSR count). The molecule has 0 radical (unpaired) electrons. The van der Waals surface area contributed by atoms with Gasteiger partial charge in [0.1, 0.15) is 0 Å². The Morgan fingerprint density at radius 3 is 2.32 bits per heavy atom. The molecule has 1 aliphatic rings. The SMILES string of the molecule is O=C(Nc1ccc(CC(=O)N2CCCC2)cc1)Nc1cccc(Cl)c1. The van der Waals surface area contributed by atoms with E-state index in [1.54, 1.807) is 36.4 Å². The largest absolute Gasteiger partial charge is 0.342 e. The van der Waals surface area contributed by atoms with Crippen LogP contribution in [0.1, 0.15) is 18.4 Å². The zero-order chi connectivity index (χ0) is 17.6. The highest BCUT2D eigenvalue weighted by Gasteiger charge is 2.17. The van der Waals surface area contributed by atoms with Gasteiger partial charge in [0.25, 0.3) is 0 Å². The molecule has 1 fully saturated rings. The predicted octanol–water partition coefficient (Wildman–Crippen LogP) is 4.15. The van der Waals surface area contributed by atoms with Gasteiger partial charge in [0.15, 0.2) is 0 Å². The van der Waals surface area contributed by atoms with Crippen LogP contribution < -0.4 is 10.6 Å². The van der Waals surface area contributed by atoms with Crippen LogP contribution in [-0.2, 0) is 11.2 Å². The van der Waals surface area contributed by atoms with Crippen molar-refractivity contribution in [1.29, 1.82) is 0 Å². The molecule has 2 aromatic rings. The van der Waals surface area contributed by atoms with E-state index in [4.69, 9.17) is 11.6 Å². The maximum Gasteiger partial charge on any atom is 0.323 e. The Labute approximate surface area is 152 Å². The van der Waals surface area contributed by atoms with Gasteiger partial charge < -0.3 is 15.5 Å². The van der Waals surface area contributed by atoms with Crippen LogP contribution in [-0.4, -0.2) is 29.9 Å². The van der Waals surface area contributed by atoms with E-state index < -0.39 is 0 Å². The number of amides is 3. The van der Waals surface area contributed by atoms with Crippen molar-refractivity contribution in [2.75, 3.05) is 23.7 Å². The molecule has 6 heteroatoms. The summed E-state index contributed by atoms with van der Waals surface area (Å²) in [5.74, 6) is 0.164. The molecule has 3 amide bonds. The van der Waals surface area contributed by atoms with E-state index in [1.807, 2.05) is 17.0 Å².